The molecule has 0 aliphatic carbocycles. The van der Waals surface area contributed by atoms with Crippen LogP contribution in [0, 0.1) is 10.1 Å². The van der Waals surface area contributed by atoms with Crippen LogP contribution in [0.5, 0.6) is 0 Å². The summed E-state index contributed by atoms with van der Waals surface area (Å²) in [6.45, 7) is 3.06. The largest absolute Gasteiger partial charge is 0.393 e. The highest BCUT2D eigenvalue weighted by Gasteiger charge is 2.18. The molecule has 138 valence electrons. The Morgan fingerprint density at radius 2 is 2.00 bits per heavy atom. The molecular weight excluding hydrogens is 336 g/mol. The number of rotatable bonds is 6. The lowest BCUT2D eigenvalue weighted by Crippen LogP contribution is -2.35. The van der Waals surface area contributed by atoms with Crippen molar-refractivity contribution < 1.29 is 10.0 Å². The number of aromatic nitrogens is 2. The molecule has 9 nitrogen and oxygen atoms in total. The predicted octanol–water partition coefficient (Wildman–Crippen LogP) is 1.54. The second kappa shape index (κ2) is 8.07. The number of piperidine rings is 1. The zero-order chi connectivity index (χ0) is 18.5. The number of aliphatic hydroxyl groups excluding tert-OH is 1. The van der Waals surface area contributed by atoms with Crippen molar-refractivity contribution >= 4 is 17.5 Å². The number of hydrogen-bond acceptors (Lipinski definition) is 8. The van der Waals surface area contributed by atoms with Crippen molar-refractivity contribution in [3.05, 3.63) is 51.7 Å². The smallest absolute Gasteiger partial charge is 0.329 e. The molecule has 3 rings (SSSR count). The molecule has 0 bridgehead atoms. The Kier molecular flexibility index (Phi) is 5.59. The summed E-state index contributed by atoms with van der Waals surface area (Å²) >= 11 is 0. The number of nitrogens with one attached hydrogen (secondary N) is 1. The Morgan fingerprint density at radius 3 is 2.65 bits per heavy atom. The minimum atomic E-state index is -0.607. The van der Waals surface area contributed by atoms with Crippen molar-refractivity contribution in [2.24, 2.45) is 0 Å². The molecule has 1 fully saturated rings. The van der Waals surface area contributed by atoms with Gasteiger partial charge in [0.15, 0.2) is 0 Å². The van der Waals surface area contributed by atoms with E-state index in [1.54, 1.807) is 0 Å². The molecule has 26 heavy (non-hydrogen) atoms. The Bertz CT molecular complexity index is 777. The summed E-state index contributed by atoms with van der Waals surface area (Å²) in [5, 5.41) is 23.5. The number of likely N-dealkylation sites (tertiary alicyclic amines) is 1. The lowest BCUT2D eigenvalue weighted by molar-refractivity contribution is -0.384. The summed E-state index contributed by atoms with van der Waals surface area (Å²) < 4.78 is 0. The molecule has 1 aliphatic heterocycles. The fourth-order valence-corrected chi connectivity index (χ4v) is 2.99. The number of anilines is 2. The predicted molar refractivity (Wildman–Crippen MR) is 97.4 cm³/mol. The molecule has 4 N–H and O–H groups in total. The highest BCUT2D eigenvalue weighted by atomic mass is 16.6. The number of hydrogen-bond donors (Lipinski definition) is 3. The van der Waals surface area contributed by atoms with E-state index in [4.69, 9.17) is 5.73 Å². The van der Waals surface area contributed by atoms with E-state index in [1.165, 1.54) is 5.56 Å². The van der Waals surface area contributed by atoms with Crippen molar-refractivity contribution in [2.75, 3.05) is 24.1 Å². The summed E-state index contributed by atoms with van der Waals surface area (Å²) in [6.07, 6.45) is 2.52. The highest BCUT2D eigenvalue weighted by molar-refractivity contribution is 5.53. The van der Waals surface area contributed by atoms with Gasteiger partial charge in [-0.1, -0.05) is 24.3 Å². The topological polar surface area (TPSA) is 130 Å². The van der Waals surface area contributed by atoms with Gasteiger partial charge in [0.05, 0.1) is 11.0 Å². The molecule has 0 unspecified atom stereocenters. The number of nitrogens with zero attached hydrogens (tertiary/aromatic N) is 4. The number of nitrogens with two attached hydrogens (primary N) is 1. The molecule has 1 aromatic heterocycles. The molecule has 2 heterocycles. The van der Waals surface area contributed by atoms with Crippen LogP contribution in [-0.2, 0) is 13.1 Å². The first-order valence-electron chi connectivity index (χ1n) is 8.51. The molecule has 0 amide bonds. The zero-order valence-corrected chi connectivity index (χ0v) is 14.3. The number of benzene rings is 1. The Balaban J connectivity index is 1.65. The molecule has 1 aliphatic rings. The van der Waals surface area contributed by atoms with E-state index in [2.05, 4.69) is 26.3 Å². The molecule has 9 heteroatoms. The lowest BCUT2D eigenvalue weighted by atomic mass is 10.0. The minimum absolute atomic E-state index is 0.160. The summed E-state index contributed by atoms with van der Waals surface area (Å²) in [5.74, 6) is 0.0941. The molecule has 0 radical (unpaired) electrons. The van der Waals surface area contributed by atoms with Crippen LogP contribution in [0.1, 0.15) is 24.0 Å². The third-order valence-electron chi connectivity index (χ3n) is 4.50. The first kappa shape index (κ1) is 18.0. The SMILES string of the molecule is Nc1nc(NCc2ccccc2CN2CCC(O)CC2)ncc1[N+](=O)[O-]. The molecule has 0 saturated carbocycles. The highest BCUT2D eigenvalue weighted by Crippen LogP contribution is 2.20. The van der Waals surface area contributed by atoms with E-state index in [9.17, 15) is 15.2 Å². The number of aliphatic hydroxyl groups is 1. The Morgan fingerprint density at radius 1 is 1.31 bits per heavy atom. The van der Waals surface area contributed by atoms with E-state index < -0.39 is 4.92 Å². The third kappa shape index (κ3) is 4.44. The average molecular weight is 358 g/mol. The molecule has 1 saturated heterocycles. The van der Waals surface area contributed by atoms with Gasteiger partial charge in [-0.05, 0) is 24.0 Å². The van der Waals surface area contributed by atoms with Crippen LogP contribution in [0.2, 0.25) is 0 Å². The monoisotopic (exact) mass is 358 g/mol. The van der Waals surface area contributed by atoms with Gasteiger partial charge in [0.25, 0.3) is 0 Å². The van der Waals surface area contributed by atoms with Gasteiger partial charge < -0.3 is 16.2 Å². The molecule has 0 atom stereocenters. The number of nitrogen functional groups attached to an aromatic ring is 1. The average Bonchev–Trinajstić information content (AvgIpc) is 2.62. The zero-order valence-electron chi connectivity index (χ0n) is 14.3. The van der Waals surface area contributed by atoms with Gasteiger partial charge >= 0.3 is 5.69 Å². The molecular formula is C17H22N6O3. The minimum Gasteiger partial charge on any atom is -0.393 e. The van der Waals surface area contributed by atoms with Gasteiger partial charge in [-0.25, -0.2) is 4.98 Å². The third-order valence-corrected chi connectivity index (χ3v) is 4.50. The van der Waals surface area contributed by atoms with E-state index in [0.29, 0.717) is 6.54 Å². The van der Waals surface area contributed by atoms with Gasteiger partial charge in [-0.2, -0.15) is 4.98 Å². The fourth-order valence-electron chi connectivity index (χ4n) is 2.99. The van der Waals surface area contributed by atoms with E-state index in [-0.39, 0.29) is 23.6 Å². The van der Waals surface area contributed by atoms with E-state index in [0.717, 1.165) is 44.2 Å². The second-order valence-electron chi connectivity index (χ2n) is 6.35. The summed E-state index contributed by atoms with van der Waals surface area (Å²) in [6, 6.07) is 8.06. The lowest BCUT2D eigenvalue weighted by Gasteiger charge is -2.30. The standard InChI is InChI=1S/C17H22N6O3/c18-16-15(23(25)26)10-20-17(21-16)19-9-12-3-1-2-4-13(12)11-22-7-5-14(24)6-8-22/h1-4,10,14,24H,5-9,11H2,(H3,18,19,20,21). The van der Waals surface area contributed by atoms with Crippen LogP contribution in [0.4, 0.5) is 17.5 Å². The first-order valence-corrected chi connectivity index (χ1v) is 8.51. The maximum absolute atomic E-state index is 10.8. The number of nitro groups is 1. The van der Waals surface area contributed by atoms with Crippen LogP contribution in [-0.4, -0.2) is 44.1 Å². The van der Waals surface area contributed by atoms with Gasteiger partial charge in [0, 0.05) is 26.2 Å². The first-order chi connectivity index (χ1) is 12.5. The van der Waals surface area contributed by atoms with Crippen LogP contribution < -0.4 is 11.1 Å². The van der Waals surface area contributed by atoms with Gasteiger partial charge in [-0.3, -0.25) is 15.0 Å². The van der Waals surface area contributed by atoms with Crippen molar-refractivity contribution in [3.63, 3.8) is 0 Å². The van der Waals surface area contributed by atoms with Crippen LogP contribution >= 0.6 is 0 Å². The van der Waals surface area contributed by atoms with E-state index >= 15 is 0 Å². The summed E-state index contributed by atoms with van der Waals surface area (Å²) in [5.41, 5.74) is 7.58. The van der Waals surface area contributed by atoms with Gasteiger partial charge in [-0.15, -0.1) is 0 Å². The van der Waals surface area contributed by atoms with Crippen molar-refractivity contribution in [1.29, 1.82) is 0 Å². The van der Waals surface area contributed by atoms with Crippen molar-refractivity contribution in [3.8, 4) is 0 Å². The molecule has 0 spiro atoms. The van der Waals surface area contributed by atoms with Gasteiger partial charge in [0.2, 0.25) is 11.8 Å². The maximum Gasteiger partial charge on any atom is 0.329 e. The normalized spacial score (nSPS) is 15.7. The maximum atomic E-state index is 10.8. The molecule has 1 aromatic carbocycles. The summed E-state index contributed by atoms with van der Waals surface area (Å²) in [4.78, 5) is 20.4. The Labute approximate surface area is 151 Å². The van der Waals surface area contributed by atoms with Crippen LogP contribution in [0.15, 0.2) is 30.5 Å². The summed E-state index contributed by atoms with van der Waals surface area (Å²) in [7, 11) is 0. The van der Waals surface area contributed by atoms with Crippen LogP contribution in [0.3, 0.4) is 0 Å². The fraction of sp³-hybridized carbons (Fsp3) is 0.412. The van der Waals surface area contributed by atoms with Crippen molar-refractivity contribution in [1.82, 2.24) is 14.9 Å². The van der Waals surface area contributed by atoms with Crippen molar-refractivity contribution in [2.45, 2.75) is 32.0 Å². The van der Waals surface area contributed by atoms with Crippen LogP contribution in [0.25, 0.3) is 0 Å². The molecule has 2 aromatic rings. The van der Waals surface area contributed by atoms with Gasteiger partial charge in [0.1, 0.15) is 6.20 Å². The quantitative estimate of drug-likeness (QED) is 0.523. The Hall–Kier alpha value is -2.78. The second-order valence-corrected chi connectivity index (χ2v) is 6.35. The van der Waals surface area contributed by atoms with E-state index in [1.807, 2.05) is 18.2 Å².